The molecule has 0 fully saturated rings. The summed E-state index contributed by atoms with van der Waals surface area (Å²) in [7, 11) is 3.17. The third-order valence-electron chi connectivity index (χ3n) is 5.82. The van der Waals surface area contributed by atoms with E-state index in [1.165, 1.54) is 16.3 Å². The van der Waals surface area contributed by atoms with Crippen molar-refractivity contribution in [1.82, 2.24) is 14.9 Å². The summed E-state index contributed by atoms with van der Waals surface area (Å²) < 4.78 is 28.4. The lowest BCUT2D eigenvalue weighted by molar-refractivity contribution is -0.118. The van der Waals surface area contributed by atoms with Crippen LogP contribution in [0.3, 0.4) is 0 Å². The monoisotopic (exact) mass is 523 g/mol. The molecule has 1 amide bonds. The van der Waals surface area contributed by atoms with Crippen molar-refractivity contribution in [2.75, 3.05) is 33.3 Å². The largest absolute Gasteiger partial charge is 0.493 e. The molecule has 1 N–H and O–H groups in total. The molecule has 1 aliphatic heterocycles. The van der Waals surface area contributed by atoms with Crippen molar-refractivity contribution in [3.05, 3.63) is 70.4 Å². The Labute approximate surface area is 216 Å². The number of fused-ring (bicyclic) bond motifs is 2. The number of ether oxygens (including phenoxy) is 4. The van der Waals surface area contributed by atoms with Crippen LogP contribution < -0.4 is 29.8 Å². The molecule has 3 heterocycles. The second kappa shape index (κ2) is 10.9. The fraction of sp³-hybridized carbons (Fsp3) is 0.269. The SMILES string of the molecule is COc1ccc(CCNC(=O)CSc2nc3cc4c(cc3c(=O)n2Cc2ccco2)OCO4)cc1OC. The Bertz CT molecular complexity index is 1480. The molecule has 0 atom stereocenters. The van der Waals surface area contributed by atoms with Gasteiger partial charge in [0.15, 0.2) is 28.2 Å². The minimum atomic E-state index is -0.254. The number of carbonyl (C=O) groups is 1. The predicted octanol–water partition coefficient (Wildman–Crippen LogP) is 3.23. The van der Waals surface area contributed by atoms with E-state index in [2.05, 4.69) is 10.3 Å². The summed E-state index contributed by atoms with van der Waals surface area (Å²) in [5, 5.41) is 3.72. The van der Waals surface area contributed by atoms with Crippen molar-refractivity contribution in [3.8, 4) is 23.0 Å². The number of thioether (sulfide) groups is 1. The fourth-order valence-electron chi connectivity index (χ4n) is 3.96. The van der Waals surface area contributed by atoms with E-state index in [-0.39, 0.29) is 30.6 Å². The number of benzene rings is 2. The molecular weight excluding hydrogens is 498 g/mol. The van der Waals surface area contributed by atoms with Crippen LogP contribution in [0.25, 0.3) is 10.9 Å². The van der Waals surface area contributed by atoms with Crippen LogP contribution in [0.1, 0.15) is 11.3 Å². The summed E-state index contributed by atoms with van der Waals surface area (Å²) in [6.07, 6.45) is 2.17. The quantitative estimate of drug-likeness (QED) is 0.247. The number of nitrogens with one attached hydrogen (secondary N) is 1. The van der Waals surface area contributed by atoms with Gasteiger partial charge in [0.1, 0.15) is 5.76 Å². The lowest BCUT2D eigenvalue weighted by Crippen LogP contribution is -2.28. The smallest absolute Gasteiger partial charge is 0.262 e. The molecule has 0 spiro atoms. The van der Waals surface area contributed by atoms with Crippen LogP contribution >= 0.6 is 11.8 Å². The predicted molar refractivity (Wildman–Crippen MR) is 137 cm³/mol. The molecule has 0 saturated carbocycles. The van der Waals surface area contributed by atoms with Gasteiger partial charge >= 0.3 is 0 Å². The van der Waals surface area contributed by atoms with Crippen LogP contribution in [0.4, 0.5) is 0 Å². The van der Waals surface area contributed by atoms with Gasteiger partial charge in [-0.15, -0.1) is 0 Å². The average Bonchev–Trinajstić information content (AvgIpc) is 3.60. The molecular formula is C26H25N3O7S. The van der Waals surface area contributed by atoms with E-state index in [1.54, 1.807) is 44.7 Å². The minimum absolute atomic E-state index is 0.0899. The average molecular weight is 524 g/mol. The third-order valence-corrected chi connectivity index (χ3v) is 6.80. The number of nitrogens with zero attached hydrogens (tertiary/aromatic N) is 2. The molecule has 37 heavy (non-hydrogen) atoms. The summed E-state index contributed by atoms with van der Waals surface area (Å²) in [6, 6.07) is 12.5. The summed E-state index contributed by atoms with van der Waals surface area (Å²) in [4.78, 5) is 30.7. The van der Waals surface area contributed by atoms with Crippen molar-refractivity contribution in [2.45, 2.75) is 18.1 Å². The second-order valence-electron chi connectivity index (χ2n) is 8.17. The van der Waals surface area contributed by atoms with Crippen LogP contribution in [-0.4, -0.2) is 48.8 Å². The van der Waals surface area contributed by atoms with Gasteiger partial charge in [-0.2, -0.15) is 0 Å². The molecule has 0 aliphatic carbocycles. The Kier molecular flexibility index (Phi) is 7.22. The van der Waals surface area contributed by atoms with Crippen LogP contribution in [0, 0.1) is 0 Å². The first-order valence-corrected chi connectivity index (χ1v) is 12.5. The maximum atomic E-state index is 13.4. The van der Waals surface area contributed by atoms with Gasteiger partial charge in [-0.1, -0.05) is 17.8 Å². The fourth-order valence-corrected chi connectivity index (χ4v) is 4.79. The third kappa shape index (κ3) is 5.36. The van der Waals surface area contributed by atoms with Gasteiger partial charge in [-0.3, -0.25) is 14.2 Å². The first kappa shape index (κ1) is 24.6. The zero-order valence-corrected chi connectivity index (χ0v) is 21.1. The first-order valence-electron chi connectivity index (χ1n) is 11.5. The standard InChI is InChI=1S/C26H25N3O7S/c1-32-20-6-5-16(10-21(20)33-2)7-8-27-24(30)14-37-26-28-19-12-23-22(35-15-36-23)11-18(19)25(31)29(26)13-17-4-3-9-34-17/h3-6,9-12H,7-8,13-15H2,1-2H3,(H,27,30). The number of rotatable bonds is 10. The zero-order chi connectivity index (χ0) is 25.8. The number of methoxy groups -OCH3 is 2. The highest BCUT2D eigenvalue weighted by Gasteiger charge is 2.20. The van der Waals surface area contributed by atoms with Gasteiger partial charge < -0.3 is 28.7 Å². The maximum absolute atomic E-state index is 13.4. The molecule has 1 aliphatic rings. The lowest BCUT2D eigenvalue weighted by Gasteiger charge is -2.13. The highest BCUT2D eigenvalue weighted by atomic mass is 32.2. The van der Waals surface area contributed by atoms with Crippen molar-refractivity contribution in [1.29, 1.82) is 0 Å². The number of furan rings is 1. The van der Waals surface area contributed by atoms with Crippen molar-refractivity contribution < 1.29 is 28.2 Å². The molecule has 10 nitrogen and oxygen atoms in total. The first-order chi connectivity index (χ1) is 18.1. The van der Waals surface area contributed by atoms with Crippen molar-refractivity contribution in [2.24, 2.45) is 0 Å². The van der Waals surface area contributed by atoms with E-state index in [9.17, 15) is 9.59 Å². The molecule has 0 saturated heterocycles. The molecule has 0 unspecified atom stereocenters. The van der Waals surface area contributed by atoms with Crippen LogP contribution in [0.2, 0.25) is 0 Å². The van der Waals surface area contributed by atoms with E-state index >= 15 is 0 Å². The van der Waals surface area contributed by atoms with Crippen LogP contribution in [0.5, 0.6) is 23.0 Å². The Balaban J connectivity index is 1.29. The molecule has 192 valence electrons. The number of hydrogen-bond donors (Lipinski definition) is 1. The minimum Gasteiger partial charge on any atom is -0.493 e. The summed E-state index contributed by atoms with van der Waals surface area (Å²) in [5.74, 6) is 2.85. The van der Waals surface area contributed by atoms with Gasteiger partial charge in [0.25, 0.3) is 5.56 Å². The number of hydrogen-bond acceptors (Lipinski definition) is 9. The van der Waals surface area contributed by atoms with Gasteiger partial charge in [0.2, 0.25) is 12.7 Å². The molecule has 0 radical (unpaired) electrons. The molecule has 0 bridgehead atoms. The van der Waals surface area contributed by atoms with Gasteiger partial charge in [0.05, 0.1) is 43.7 Å². The van der Waals surface area contributed by atoms with Gasteiger partial charge in [0, 0.05) is 12.6 Å². The van der Waals surface area contributed by atoms with Crippen molar-refractivity contribution in [3.63, 3.8) is 0 Å². The van der Waals surface area contributed by atoms with Crippen LogP contribution in [-0.2, 0) is 17.8 Å². The van der Waals surface area contributed by atoms with Gasteiger partial charge in [-0.25, -0.2) is 4.98 Å². The van der Waals surface area contributed by atoms with E-state index < -0.39 is 0 Å². The summed E-state index contributed by atoms with van der Waals surface area (Å²) >= 11 is 1.19. The number of carbonyl (C=O) groups excluding carboxylic acids is 1. The molecule has 11 heteroatoms. The number of aromatic nitrogens is 2. The highest BCUT2D eigenvalue weighted by Crippen LogP contribution is 2.35. The Morgan fingerprint density at radius 3 is 2.68 bits per heavy atom. The molecule has 4 aromatic rings. The van der Waals surface area contributed by atoms with E-state index in [1.807, 2.05) is 18.2 Å². The van der Waals surface area contributed by atoms with Gasteiger partial charge in [-0.05, 0) is 42.3 Å². The normalized spacial score (nSPS) is 12.1. The molecule has 2 aromatic heterocycles. The van der Waals surface area contributed by atoms with Crippen LogP contribution in [0.15, 0.2) is 63.1 Å². The summed E-state index contributed by atoms with van der Waals surface area (Å²) in [6.45, 7) is 0.729. The Hall–Kier alpha value is -4.12. The van der Waals surface area contributed by atoms with E-state index in [0.29, 0.717) is 57.8 Å². The van der Waals surface area contributed by atoms with E-state index in [4.69, 9.17) is 23.4 Å². The molecule has 2 aromatic carbocycles. The Morgan fingerprint density at radius 2 is 1.92 bits per heavy atom. The topological polar surface area (TPSA) is 114 Å². The van der Waals surface area contributed by atoms with E-state index in [0.717, 1.165) is 5.56 Å². The van der Waals surface area contributed by atoms with Crippen molar-refractivity contribution >= 4 is 28.6 Å². The lowest BCUT2D eigenvalue weighted by atomic mass is 10.1. The Morgan fingerprint density at radius 1 is 1.11 bits per heavy atom. The highest BCUT2D eigenvalue weighted by molar-refractivity contribution is 7.99. The molecule has 5 rings (SSSR count). The number of amides is 1. The summed E-state index contributed by atoms with van der Waals surface area (Å²) in [5.41, 5.74) is 1.23. The second-order valence-corrected chi connectivity index (χ2v) is 9.11. The maximum Gasteiger partial charge on any atom is 0.262 e. The zero-order valence-electron chi connectivity index (χ0n) is 20.3.